The Morgan fingerprint density at radius 1 is 1.50 bits per heavy atom. The molecule has 0 saturated carbocycles. The van der Waals surface area contributed by atoms with Crippen LogP contribution in [-0.2, 0) is 16.6 Å². The molecule has 0 saturated heterocycles. The van der Waals surface area contributed by atoms with Crippen LogP contribution < -0.4 is 0 Å². The Kier molecular flexibility index (Phi) is 4.63. The summed E-state index contributed by atoms with van der Waals surface area (Å²) in [5.41, 5.74) is 0.760. The highest BCUT2D eigenvalue weighted by Gasteiger charge is 2.09. The van der Waals surface area contributed by atoms with Gasteiger partial charge >= 0.3 is 0 Å². The van der Waals surface area contributed by atoms with Crippen molar-refractivity contribution < 1.29 is 8.60 Å². The molecule has 0 spiro atoms. The molecule has 2 nitrogen and oxygen atoms in total. The fourth-order valence-corrected chi connectivity index (χ4v) is 2.79. The van der Waals surface area contributed by atoms with Gasteiger partial charge in [-0.25, -0.2) is 4.39 Å². The van der Waals surface area contributed by atoms with E-state index >= 15 is 0 Å². The van der Waals surface area contributed by atoms with Crippen molar-refractivity contribution in [1.29, 1.82) is 5.26 Å². The lowest BCUT2D eigenvalue weighted by Crippen LogP contribution is -2.07. The summed E-state index contributed by atoms with van der Waals surface area (Å²) in [6, 6.07) is 6.08. The van der Waals surface area contributed by atoms with Crippen molar-refractivity contribution >= 4 is 10.8 Å². The van der Waals surface area contributed by atoms with Crippen LogP contribution in [0.2, 0.25) is 0 Å². The van der Waals surface area contributed by atoms with Crippen molar-refractivity contribution in [1.82, 2.24) is 0 Å². The molecule has 1 atom stereocenters. The second kappa shape index (κ2) is 5.76. The van der Waals surface area contributed by atoms with Crippen LogP contribution in [-0.4, -0.2) is 9.96 Å². The second-order valence-electron chi connectivity index (χ2n) is 4.06. The molecule has 0 amide bonds. The molecule has 16 heavy (non-hydrogen) atoms. The van der Waals surface area contributed by atoms with Gasteiger partial charge in [0.05, 0.1) is 17.4 Å². The number of nitrogens with zero attached hydrogens (tertiary/aromatic N) is 1. The van der Waals surface area contributed by atoms with E-state index in [1.54, 1.807) is 0 Å². The van der Waals surface area contributed by atoms with Gasteiger partial charge in [0.2, 0.25) is 0 Å². The van der Waals surface area contributed by atoms with E-state index in [4.69, 9.17) is 5.26 Å². The first-order valence-corrected chi connectivity index (χ1v) is 6.55. The van der Waals surface area contributed by atoms with Crippen LogP contribution in [0.3, 0.4) is 0 Å². The van der Waals surface area contributed by atoms with Crippen molar-refractivity contribution in [2.24, 2.45) is 5.92 Å². The molecule has 0 fully saturated rings. The summed E-state index contributed by atoms with van der Waals surface area (Å²) >= 11 is 0. The highest BCUT2D eigenvalue weighted by Crippen LogP contribution is 2.13. The van der Waals surface area contributed by atoms with E-state index in [0.717, 1.165) is 0 Å². The monoisotopic (exact) mass is 239 g/mol. The van der Waals surface area contributed by atoms with Gasteiger partial charge in [-0.1, -0.05) is 13.8 Å². The minimum absolute atomic E-state index is 0.180. The molecular formula is C12H14FNOS. The Morgan fingerprint density at radius 2 is 2.19 bits per heavy atom. The SMILES string of the molecule is CC(C)CS(=O)Cc1cc(C#N)ccc1F. The molecule has 0 aliphatic rings. The van der Waals surface area contributed by atoms with Gasteiger partial charge in [0.15, 0.2) is 0 Å². The number of halogens is 1. The van der Waals surface area contributed by atoms with Gasteiger partial charge in [-0.05, 0) is 24.1 Å². The quantitative estimate of drug-likeness (QED) is 0.810. The van der Waals surface area contributed by atoms with E-state index in [9.17, 15) is 8.60 Å². The van der Waals surface area contributed by atoms with E-state index < -0.39 is 16.6 Å². The summed E-state index contributed by atoms with van der Waals surface area (Å²) in [5.74, 6) is 0.662. The van der Waals surface area contributed by atoms with Crippen LogP contribution in [0.4, 0.5) is 4.39 Å². The molecule has 4 heteroatoms. The molecule has 86 valence electrons. The Balaban J connectivity index is 2.81. The maximum atomic E-state index is 13.4. The number of rotatable bonds is 4. The number of benzene rings is 1. The Bertz CT molecular complexity index is 437. The molecule has 0 aliphatic carbocycles. The van der Waals surface area contributed by atoms with Gasteiger partial charge in [0.25, 0.3) is 0 Å². The normalized spacial score (nSPS) is 12.4. The topological polar surface area (TPSA) is 40.9 Å². The molecule has 0 aromatic heterocycles. The highest BCUT2D eigenvalue weighted by atomic mass is 32.2. The molecule has 1 aromatic rings. The third kappa shape index (κ3) is 3.74. The molecule has 0 bridgehead atoms. The summed E-state index contributed by atoms with van der Waals surface area (Å²) in [6.07, 6.45) is 0. The van der Waals surface area contributed by atoms with Crippen LogP contribution in [0, 0.1) is 23.1 Å². The highest BCUT2D eigenvalue weighted by molar-refractivity contribution is 7.84. The number of nitriles is 1. The zero-order chi connectivity index (χ0) is 12.1. The van der Waals surface area contributed by atoms with Gasteiger partial charge in [-0.2, -0.15) is 5.26 Å². The fraction of sp³-hybridized carbons (Fsp3) is 0.417. The number of hydrogen-bond acceptors (Lipinski definition) is 2. The van der Waals surface area contributed by atoms with E-state index in [-0.39, 0.29) is 5.75 Å². The van der Waals surface area contributed by atoms with Gasteiger partial charge < -0.3 is 0 Å². The van der Waals surface area contributed by atoms with E-state index in [2.05, 4.69) is 0 Å². The van der Waals surface area contributed by atoms with Gasteiger partial charge in [0, 0.05) is 22.1 Å². The van der Waals surface area contributed by atoms with Crippen LogP contribution in [0.25, 0.3) is 0 Å². The van der Waals surface area contributed by atoms with E-state index in [0.29, 0.717) is 22.8 Å². The Hall–Kier alpha value is -1.21. The third-order valence-electron chi connectivity index (χ3n) is 2.01. The minimum Gasteiger partial charge on any atom is -0.259 e. The van der Waals surface area contributed by atoms with Crippen LogP contribution >= 0.6 is 0 Å². The van der Waals surface area contributed by atoms with Crippen molar-refractivity contribution in [3.05, 3.63) is 35.1 Å². The molecule has 0 N–H and O–H groups in total. The Labute approximate surface area is 97.6 Å². The summed E-state index contributed by atoms with van der Waals surface area (Å²) in [5, 5.41) is 8.68. The van der Waals surface area contributed by atoms with Gasteiger partial charge in [0.1, 0.15) is 5.82 Å². The molecule has 1 unspecified atom stereocenters. The van der Waals surface area contributed by atoms with Crippen molar-refractivity contribution in [3.8, 4) is 6.07 Å². The predicted octanol–water partition coefficient (Wildman–Crippen LogP) is 2.60. The first-order chi connectivity index (χ1) is 7.52. The van der Waals surface area contributed by atoms with Crippen molar-refractivity contribution in [2.45, 2.75) is 19.6 Å². The van der Waals surface area contributed by atoms with Crippen molar-refractivity contribution in [3.63, 3.8) is 0 Å². The molecule has 0 aliphatic heterocycles. The zero-order valence-corrected chi connectivity index (χ0v) is 10.2. The fourth-order valence-electron chi connectivity index (χ4n) is 1.36. The van der Waals surface area contributed by atoms with Crippen LogP contribution in [0.1, 0.15) is 25.0 Å². The van der Waals surface area contributed by atoms with E-state index in [1.165, 1.54) is 18.2 Å². The van der Waals surface area contributed by atoms with E-state index in [1.807, 2.05) is 19.9 Å². The van der Waals surface area contributed by atoms with Gasteiger partial charge in [-0.15, -0.1) is 0 Å². The number of hydrogen-bond donors (Lipinski definition) is 0. The average molecular weight is 239 g/mol. The second-order valence-corrected chi connectivity index (χ2v) is 5.56. The predicted molar refractivity (Wildman–Crippen MR) is 62.7 cm³/mol. The summed E-state index contributed by atoms with van der Waals surface area (Å²) in [7, 11) is -1.07. The summed E-state index contributed by atoms with van der Waals surface area (Å²) in [4.78, 5) is 0. The Morgan fingerprint density at radius 3 is 2.75 bits per heavy atom. The molecule has 0 heterocycles. The van der Waals surface area contributed by atoms with Gasteiger partial charge in [-0.3, -0.25) is 4.21 Å². The summed E-state index contributed by atoms with van der Waals surface area (Å²) in [6.45, 7) is 3.94. The zero-order valence-electron chi connectivity index (χ0n) is 9.37. The molecular weight excluding hydrogens is 225 g/mol. The largest absolute Gasteiger partial charge is 0.259 e. The molecule has 1 aromatic carbocycles. The standard InChI is InChI=1S/C12H14FNOS/c1-9(2)7-16(15)8-11-5-10(6-14)3-4-12(11)13/h3-5,9H,7-8H2,1-2H3. The lowest BCUT2D eigenvalue weighted by atomic mass is 10.1. The first-order valence-electron chi connectivity index (χ1n) is 5.06. The molecule has 0 radical (unpaired) electrons. The summed E-state index contributed by atoms with van der Waals surface area (Å²) < 4.78 is 25.0. The smallest absolute Gasteiger partial charge is 0.127 e. The molecule has 1 rings (SSSR count). The van der Waals surface area contributed by atoms with Crippen LogP contribution in [0.15, 0.2) is 18.2 Å². The maximum Gasteiger partial charge on any atom is 0.127 e. The third-order valence-corrected chi connectivity index (χ3v) is 3.68. The van der Waals surface area contributed by atoms with Crippen LogP contribution in [0.5, 0.6) is 0 Å². The minimum atomic E-state index is -1.07. The lowest BCUT2D eigenvalue weighted by molar-refractivity contribution is 0.614. The maximum absolute atomic E-state index is 13.4. The average Bonchev–Trinajstić information content (AvgIpc) is 2.20. The van der Waals surface area contributed by atoms with Crippen molar-refractivity contribution in [2.75, 3.05) is 5.75 Å². The first kappa shape index (κ1) is 12.9. The lowest BCUT2D eigenvalue weighted by Gasteiger charge is -2.06.